The molecule has 138 valence electrons. The van der Waals surface area contributed by atoms with E-state index in [1.165, 1.54) is 31.1 Å². The lowest BCUT2D eigenvalue weighted by atomic mass is 10.3. The van der Waals surface area contributed by atoms with Gasteiger partial charge in [-0.15, -0.1) is 0 Å². The van der Waals surface area contributed by atoms with E-state index in [-0.39, 0.29) is 11.5 Å². The van der Waals surface area contributed by atoms with Gasteiger partial charge < -0.3 is 15.1 Å². The van der Waals surface area contributed by atoms with Gasteiger partial charge in [-0.1, -0.05) is 0 Å². The molecule has 1 aliphatic heterocycles. The number of nitrogens with one attached hydrogen (secondary N) is 1. The predicted molar refractivity (Wildman–Crippen MR) is 96.6 cm³/mol. The van der Waals surface area contributed by atoms with Crippen LogP contribution in [0.3, 0.4) is 0 Å². The third-order valence-corrected chi connectivity index (χ3v) is 4.48. The molecule has 0 spiro atoms. The summed E-state index contributed by atoms with van der Waals surface area (Å²) in [5.41, 5.74) is -0.847. The minimum atomic E-state index is -0.520. The van der Waals surface area contributed by atoms with E-state index in [1.807, 2.05) is 0 Å². The van der Waals surface area contributed by atoms with Crippen LogP contribution < -0.4 is 21.5 Å². The molecular formula is C16H21N7O3. The van der Waals surface area contributed by atoms with E-state index in [1.54, 1.807) is 6.07 Å². The summed E-state index contributed by atoms with van der Waals surface area (Å²) >= 11 is 0. The number of hydrogen-bond acceptors (Lipinski definition) is 7. The van der Waals surface area contributed by atoms with Crippen molar-refractivity contribution in [2.24, 2.45) is 14.1 Å². The minimum absolute atomic E-state index is 0.114. The number of amides is 1. The van der Waals surface area contributed by atoms with E-state index in [0.717, 1.165) is 30.7 Å². The summed E-state index contributed by atoms with van der Waals surface area (Å²) in [5, 5.41) is 2.57. The van der Waals surface area contributed by atoms with Crippen molar-refractivity contribution in [2.45, 2.75) is 0 Å². The normalized spacial score (nSPS) is 15.1. The van der Waals surface area contributed by atoms with Gasteiger partial charge in [0.15, 0.2) is 0 Å². The number of rotatable bonds is 3. The Kier molecular flexibility index (Phi) is 4.85. The average Bonchev–Trinajstić information content (AvgIpc) is 2.65. The lowest BCUT2D eigenvalue weighted by Gasteiger charge is -2.33. The topological polar surface area (TPSA) is 105 Å². The SMILES string of the molecule is CN1CCN(c2cc(C(=O)Nc3cc(=O)n(C)c(=O)n3C)ncn2)CC1. The molecule has 1 saturated heterocycles. The van der Waals surface area contributed by atoms with Crippen LogP contribution in [0.2, 0.25) is 0 Å². The van der Waals surface area contributed by atoms with E-state index in [4.69, 9.17) is 0 Å². The highest BCUT2D eigenvalue weighted by Crippen LogP contribution is 2.14. The molecule has 0 bridgehead atoms. The Labute approximate surface area is 149 Å². The molecule has 0 saturated carbocycles. The first kappa shape index (κ1) is 17.8. The lowest BCUT2D eigenvalue weighted by molar-refractivity contribution is 0.102. The molecule has 0 atom stereocenters. The fourth-order valence-electron chi connectivity index (χ4n) is 2.71. The summed E-state index contributed by atoms with van der Waals surface area (Å²) in [4.78, 5) is 48.8. The Hall–Kier alpha value is -3.01. The molecule has 0 unspecified atom stereocenters. The summed E-state index contributed by atoms with van der Waals surface area (Å²) in [7, 11) is 4.92. The Morgan fingerprint density at radius 3 is 2.38 bits per heavy atom. The zero-order valence-electron chi connectivity index (χ0n) is 15.0. The molecule has 0 aromatic carbocycles. The van der Waals surface area contributed by atoms with Crippen molar-refractivity contribution in [1.29, 1.82) is 0 Å². The second kappa shape index (κ2) is 7.08. The second-order valence-electron chi connectivity index (χ2n) is 6.27. The largest absolute Gasteiger partial charge is 0.354 e. The maximum atomic E-state index is 12.5. The Balaban J connectivity index is 1.82. The fraction of sp³-hybridized carbons (Fsp3) is 0.438. The molecule has 10 heteroatoms. The van der Waals surface area contributed by atoms with Gasteiger partial charge in [-0.2, -0.15) is 0 Å². The first-order valence-corrected chi connectivity index (χ1v) is 8.21. The number of hydrogen-bond donors (Lipinski definition) is 1. The van der Waals surface area contributed by atoms with Crippen LogP contribution in [0.25, 0.3) is 0 Å². The van der Waals surface area contributed by atoms with E-state index in [9.17, 15) is 14.4 Å². The van der Waals surface area contributed by atoms with Crippen LogP contribution in [0.5, 0.6) is 0 Å². The highest BCUT2D eigenvalue weighted by molar-refractivity contribution is 6.02. The van der Waals surface area contributed by atoms with Crippen molar-refractivity contribution < 1.29 is 4.79 Å². The van der Waals surface area contributed by atoms with Crippen molar-refractivity contribution >= 4 is 17.5 Å². The predicted octanol–water partition coefficient (Wildman–Crippen LogP) is -1.12. The highest BCUT2D eigenvalue weighted by atomic mass is 16.2. The summed E-state index contributed by atoms with van der Waals surface area (Å²) < 4.78 is 2.16. The van der Waals surface area contributed by atoms with Crippen molar-refractivity contribution in [2.75, 3.05) is 43.4 Å². The number of likely N-dealkylation sites (N-methyl/N-ethyl adjacent to an activating group) is 1. The summed E-state index contributed by atoms with van der Waals surface area (Å²) in [6, 6.07) is 2.81. The molecule has 3 heterocycles. The van der Waals surface area contributed by atoms with Crippen LogP contribution in [-0.4, -0.2) is 63.1 Å². The fourth-order valence-corrected chi connectivity index (χ4v) is 2.71. The monoisotopic (exact) mass is 359 g/mol. The van der Waals surface area contributed by atoms with E-state index >= 15 is 0 Å². The number of anilines is 2. The van der Waals surface area contributed by atoms with Gasteiger partial charge in [-0.3, -0.25) is 18.7 Å². The molecular weight excluding hydrogens is 338 g/mol. The standard InChI is InChI=1S/C16H21N7O3/c1-20-4-6-23(7-5-20)12-8-11(17-10-18-12)15(25)19-13-9-14(24)22(3)16(26)21(13)2/h8-10H,4-7H2,1-3H3,(H,19,25). The molecule has 0 aliphatic carbocycles. The molecule has 3 rings (SSSR count). The smallest absolute Gasteiger partial charge is 0.332 e. The molecule has 1 N–H and O–H groups in total. The number of nitrogens with zero attached hydrogens (tertiary/aromatic N) is 6. The van der Waals surface area contributed by atoms with Gasteiger partial charge in [0.1, 0.15) is 23.7 Å². The molecule has 2 aromatic rings. The summed E-state index contributed by atoms with van der Waals surface area (Å²) in [6.07, 6.45) is 1.34. The van der Waals surface area contributed by atoms with E-state index in [2.05, 4.69) is 32.1 Å². The van der Waals surface area contributed by atoms with Crippen LogP contribution in [-0.2, 0) is 14.1 Å². The zero-order chi connectivity index (χ0) is 18.8. The van der Waals surface area contributed by atoms with E-state index in [0.29, 0.717) is 5.82 Å². The van der Waals surface area contributed by atoms with Gasteiger partial charge in [0.2, 0.25) is 0 Å². The van der Waals surface area contributed by atoms with Gasteiger partial charge in [0, 0.05) is 52.4 Å². The van der Waals surface area contributed by atoms with Crippen molar-refractivity contribution in [1.82, 2.24) is 24.0 Å². The second-order valence-corrected chi connectivity index (χ2v) is 6.27. The van der Waals surface area contributed by atoms with Crippen LogP contribution in [0.4, 0.5) is 11.6 Å². The molecule has 1 aliphatic rings. The first-order valence-electron chi connectivity index (χ1n) is 8.21. The van der Waals surface area contributed by atoms with Gasteiger partial charge >= 0.3 is 5.69 Å². The van der Waals surface area contributed by atoms with Crippen molar-refractivity contribution in [3.8, 4) is 0 Å². The van der Waals surface area contributed by atoms with Gasteiger partial charge in [-0.25, -0.2) is 14.8 Å². The average molecular weight is 359 g/mol. The molecule has 0 radical (unpaired) electrons. The lowest BCUT2D eigenvalue weighted by Crippen LogP contribution is -2.44. The van der Waals surface area contributed by atoms with Crippen molar-refractivity contribution in [3.63, 3.8) is 0 Å². The Morgan fingerprint density at radius 2 is 1.69 bits per heavy atom. The third kappa shape index (κ3) is 3.49. The van der Waals surface area contributed by atoms with Gasteiger partial charge in [-0.05, 0) is 7.05 Å². The van der Waals surface area contributed by atoms with Crippen LogP contribution >= 0.6 is 0 Å². The summed E-state index contributed by atoms with van der Waals surface area (Å²) in [5.74, 6) is 0.282. The van der Waals surface area contributed by atoms with Gasteiger partial charge in [0.25, 0.3) is 11.5 Å². The number of carbonyl (C=O) groups is 1. The van der Waals surface area contributed by atoms with Crippen LogP contribution in [0, 0.1) is 0 Å². The number of carbonyl (C=O) groups excluding carboxylic acids is 1. The maximum Gasteiger partial charge on any atom is 0.332 e. The van der Waals surface area contributed by atoms with E-state index < -0.39 is 17.2 Å². The maximum absolute atomic E-state index is 12.5. The molecule has 10 nitrogen and oxygen atoms in total. The Morgan fingerprint density at radius 1 is 1.00 bits per heavy atom. The summed E-state index contributed by atoms with van der Waals surface area (Å²) in [6.45, 7) is 3.47. The van der Waals surface area contributed by atoms with Crippen LogP contribution in [0.1, 0.15) is 10.5 Å². The zero-order valence-corrected chi connectivity index (χ0v) is 15.0. The first-order chi connectivity index (χ1) is 12.4. The van der Waals surface area contributed by atoms with Crippen molar-refractivity contribution in [3.05, 3.63) is 45.0 Å². The number of aromatic nitrogens is 4. The molecule has 26 heavy (non-hydrogen) atoms. The highest BCUT2D eigenvalue weighted by Gasteiger charge is 2.18. The molecule has 1 fully saturated rings. The number of piperazine rings is 1. The third-order valence-electron chi connectivity index (χ3n) is 4.48. The Bertz CT molecular complexity index is 942. The minimum Gasteiger partial charge on any atom is -0.354 e. The molecule has 1 amide bonds. The van der Waals surface area contributed by atoms with Gasteiger partial charge in [0.05, 0.1) is 0 Å². The molecule has 2 aromatic heterocycles. The van der Waals surface area contributed by atoms with Crippen LogP contribution in [0.15, 0.2) is 28.0 Å². The quantitative estimate of drug-likeness (QED) is 0.740.